The van der Waals surface area contributed by atoms with Crippen molar-refractivity contribution in [2.45, 2.75) is 75.2 Å². The fraction of sp³-hybridized carbons (Fsp3) is 0.682. The molecule has 6 nitrogen and oxygen atoms in total. The quantitative estimate of drug-likeness (QED) is 0.648. The second-order valence-corrected chi connectivity index (χ2v) is 10.0. The van der Waals surface area contributed by atoms with Gasteiger partial charge < -0.3 is 10.1 Å². The Balaban J connectivity index is 1.44. The summed E-state index contributed by atoms with van der Waals surface area (Å²) in [5.74, 6) is -0.179. The minimum atomic E-state index is -3.48. The number of carbonyl (C=O) groups is 1. The zero-order valence-electron chi connectivity index (χ0n) is 17.3. The van der Waals surface area contributed by atoms with Gasteiger partial charge in [0.2, 0.25) is 10.0 Å². The third-order valence-corrected chi connectivity index (χ3v) is 7.74. The number of nitrogens with one attached hydrogen (secondary N) is 1. The molecule has 1 heterocycles. The summed E-state index contributed by atoms with van der Waals surface area (Å²) < 4.78 is 33.1. The van der Waals surface area contributed by atoms with Crippen LogP contribution in [0.25, 0.3) is 0 Å². The van der Waals surface area contributed by atoms with Crippen molar-refractivity contribution in [2.24, 2.45) is 0 Å². The molecule has 0 unspecified atom stereocenters. The summed E-state index contributed by atoms with van der Waals surface area (Å²) in [5.41, 5.74) is 0.480. The van der Waals surface area contributed by atoms with E-state index in [9.17, 15) is 13.2 Å². The first-order valence-electron chi connectivity index (χ1n) is 11.1. The van der Waals surface area contributed by atoms with Crippen LogP contribution in [0.15, 0.2) is 29.2 Å². The maximum atomic E-state index is 12.8. The molecule has 7 heteroatoms. The van der Waals surface area contributed by atoms with Gasteiger partial charge in [-0.3, -0.25) is 4.79 Å². The van der Waals surface area contributed by atoms with Crippen molar-refractivity contribution < 1.29 is 17.9 Å². The minimum absolute atomic E-state index is 0.179. The minimum Gasteiger partial charge on any atom is -0.378 e. The van der Waals surface area contributed by atoms with E-state index >= 15 is 0 Å². The topological polar surface area (TPSA) is 75.7 Å². The molecule has 1 aliphatic carbocycles. The van der Waals surface area contributed by atoms with E-state index in [4.69, 9.17) is 4.74 Å². The number of hydrogen-bond donors (Lipinski definition) is 1. The summed E-state index contributed by atoms with van der Waals surface area (Å²) in [7, 11) is -3.48. The molecule has 2 aliphatic rings. The van der Waals surface area contributed by atoms with Crippen LogP contribution in [0, 0.1) is 0 Å². The molecule has 29 heavy (non-hydrogen) atoms. The zero-order valence-corrected chi connectivity index (χ0v) is 18.1. The molecule has 1 aromatic carbocycles. The molecule has 162 valence electrons. The molecule has 1 aromatic rings. The number of amides is 1. The molecular formula is C22H34N2O4S. The molecule has 0 aromatic heterocycles. The van der Waals surface area contributed by atoms with E-state index in [1.807, 2.05) is 0 Å². The van der Waals surface area contributed by atoms with E-state index in [0.717, 1.165) is 44.9 Å². The van der Waals surface area contributed by atoms with Crippen LogP contribution in [0.3, 0.4) is 0 Å². The highest BCUT2D eigenvalue weighted by Gasteiger charge is 2.25. The summed E-state index contributed by atoms with van der Waals surface area (Å²) in [6.07, 6.45) is 11.3. The van der Waals surface area contributed by atoms with Crippen molar-refractivity contribution in [3.63, 3.8) is 0 Å². The summed E-state index contributed by atoms with van der Waals surface area (Å²) in [6, 6.07) is 6.28. The van der Waals surface area contributed by atoms with Crippen molar-refractivity contribution in [3.05, 3.63) is 29.8 Å². The molecule has 3 rings (SSSR count). The van der Waals surface area contributed by atoms with Crippen LogP contribution in [0.2, 0.25) is 0 Å². The lowest BCUT2D eigenvalue weighted by Crippen LogP contribution is -2.32. The van der Waals surface area contributed by atoms with Crippen molar-refractivity contribution in [2.75, 3.05) is 26.2 Å². The average molecular weight is 423 g/mol. The molecule has 1 saturated heterocycles. The largest absolute Gasteiger partial charge is 0.378 e. The van der Waals surface area contributed by atoms with Gasteiger partial charge in [0.15, 0.2) is 0 Å². The van der Waals surface area contributed by atoms with Crippen LogP contribution in [0.5, 0.6) is 0 Å². The van der Waals surface area contributed by atoms with Crippen molar-refractivity contribution >= 4 is 15.9 Å². The maximum Gasteiger partial charge on any atom is 0.251 e. The average Bonchev–Trinajstić information content (AvgIpc) is 3.04. The number of benzene rings is 1. The van der Waals surface area contributed by atoms with E-state index in [0.29, 0.717) is 37.9 Å². The Bertz CT molecular complexity index is 735. The first-order valence-corrected chi connectivity index (χ1v) is 12.5. The predicted molar refractivity (Wildman–Crippen MR) is 113 cm³/mol. The van der Waals surface area contributed by atoms with Crippen LogP contribution in [0.1, 0.15) is 74.6 Å². The van der Waals surface area contributed by atoms with Gasteiger partial charge in [0.05, 0.1) is 11.0 Å². The third kappa shape index (κ3) is 6.52. The van der Waals surface area contributed by atoms with Gasteiger partial charge in [0, 0.05) is 31.8 Å². The molecule has 1 aliphatic heterocycles. The lowest BCUT2D eigenvalue weighted by molar-refractivity contribution is 0.0273. The molecule has 0 bridgehead atoms. The van der Waals surface area contributed by atoms with Crippen LogP contribution < -0.4 is 5.32 Å². The van der Waals surface area contributed by atoms with Gasteiger partial charge in [-0.2, -0.15) is 4.31 Å². The van der Waals surface area contributed by atoms with E-state index in [1.54, 1.807) is 28.6 Å². The summed E-state index contributed by atoms with van der Waals surface area (Å²) >= 11 is 0. The van der Waals surface area contributed by atoms with Crippen molar-refractivity contribution in [1.82, 2.24) is 9.62 Å². The Kier molecular flexibility index (Phi) is 8.51. The second-order valence-electron chi connectivity index (χ2n) is 8.08. The highest BCUT2D eigenvalue weighted by atomic mass is 32.2. The highest BCUT2D eigenvalue weighted by molar-refractivity contribution is 7.89. The fourth-order valence-corrected chi connectivity index (χ4v) is 5.58. The molecule has 0 spiro atoms. The molecule has 0 radical (unpaired) electrons. The SMILES string of the molecule is O=C(NCCCOC1CCCCC1)c1ccc(S(=O)(=O)N2CCCCCC2)cc1. The van der Waals surface area contributed by atoms with Crippen molar-refractivity contribution in [1.29, 1.82) is 0 Å². The maximum absolute atomic E-state index is 12.8. The number of rotatable bonds is 8. The summed E-state index contributed by atoms with van der Waals surface area (Å²) in [4.78, 5) is 12.6. The first-order chi connectivity index (χ1) is 14.1. The van der Waals surface area contributed by atoms with Crippen LogP contribution in [-0.2, 0) is 14.8 Å². The monoisotopic (exact) mass is 422 g/mol. The van der Waals surface area contributed by atoms with Gasteiger partial charge in [-0.25, -0.2) is 8.42 Å². The second kappa shape index (κ2) is 11.1. The predicted octanol–water partition coefficient (Wildman–Crippen LogP) is 3.72. The smallest absolute Gasteiger partial charge is 0.251 e. The third-order valence-electron chi connectivity index (χ3n) is 5.83. The van der Waals surface area contributed by atoms with Crippen LogP contribution >= 0.6 is 0 Å². The van der Waals surface area contributed by atoms with E-state index in [-0.39, 0.29) is 10.8 Å². The van der Waals surface area contributed by atoms with Gasteiger partial charge in [-0.1, -0.05) is 32.1 Å². The number of carbonyl (C=O) groups excluding carboxylic acids is 1. The van der Waals surface area contributed by atoms with Crippen molar-refractivity contribution in [3.8, 4) is 0 Å². The van der Waals surface area contributed by atoms with E-state index in [1.165, 1.54) is 19.3 Å². The number of nitrogens with zero attached hydrogens (tertiary/aromatic N) is 1. The molecule has 1 N–H and O–H groups in total. The highest BCUT2D eigenvalue weighted by Crippen LogP contribution is 2.21. The Morgan fingerprint density at radius 2 is 1.59 bits per heavy atom. The summed E-state index contributed by atoms with van der Waals surface area (Å²) in [5, 5.41) is 2.89. The van der Waals surface area contributed by atoms with Gasteiger partial charge in [0.25, 0.3) is 5.91 Å². The number of hydrogen-bond acceptors (Lipinski definition) is 4. The van der Waals surface area contributed by atoms with E-state index in [2.05, 4.69) is 5.32 Å². The normalized spacial score (nSPS) is 19.6. The number of sulfonamides is 1. The fourth-order valence-electron chi connectivity index (χ4n) is 4.07. The molecule has 2 fully saturated rings. The van der Waals surface area contributed by atoms with Crippen LogP contribution in [-0.4, -0.2) is 51.0 Å². The first kappa shape index (κ1) is 22.2. The Morgan fingerprint density at radius 3 is 2.24 bits per heavy atom. The molecule has 1 saturated carbocycles. The standard InChI is InChI=1S/C22H34N2O4S/c25-22(23-15-8-18-28-20-9-4-3-5-10-20)19-11-13-21(14-12-19)29(26,27)24-16-6-1-2-7-17-24/h11-14,20H,1-10,15-18H2,(H,23,25). The lowest BCUT2D eigenvalue weighted by Gasteiger charge is -2.21. The van der Waals surface area contributed by atoms with E-state index < -0.39 is 10.0 Å². The molecular weight excluding hydrogens is 388 g/mol. The molecule has 1 amide bonds. The van der Waals surface area contributed by atoms with Gasteiger partial charge in [0.1, 0.15) is 0 Å². The summed E-state index contributed by atoms with van der Waals surface area (Å²) in [6.45, 7) is 2.37. The number of ether oxygens (including phenoxy) is 1. The lowest BCUT2D eigenvalue weighted by atomic mass is 9.98. The Labute approximate surface area is 175 Å². The van der Waals surface area contributed by atoms with Gasteiger partial charge >= 0.3 is 0 Å². The Morgan fingerprint density at radius 1 is 0.966 bits per heavy atom. The molecule has 0 atom stereocenters. The Hall–Kier alpha value is -1.44. The zero-order chi connectivity index (χ0) is 20.5. The van der Waals surface area contributed by atoms with Crippen LogP contribution in [0.4, 0.5) is 0 Å². The van der Waals surface area contributed by atoms with Gasteiger partial charge in [-0.05, 0) is 56.4 Å². The van der Waals surface area contributed by atoms with Gasteiger partial charge in [-0.15, -0.1) is 0 Å².